The number of likely N-dealkylation sites (tertiary alicyclic amines) is 1. The molecule has 6 nitrogen and oxygen atoms in total. The van der Waals surface area contributed by atoms with E-state index < -0.39 is 0 Å². The number of carbonyl (C=O) groups excluding carboxylic acids is 1. The number of carbonyl (C=O) groups is 1. The summed E-state index contributed by atoms with van der Waals surface area (Å²) in [6.07, 6.45) is 4.31. The van der Waals surface area contributed by atoms with E-state index in [0.717, 1.165) is 50.2 Å². The van der Waals surface area contributed by atoms with Crippen LogP contribution in [0.3, 0.4) is 0 Å². The molecule has 2 aliphatic rings. The van der Waals surface area contributed by atoms with Crippen LogP contribution in [0, 0.1) is 0 Å². The summed E-state index contributed by atoms with van der Waals surface area (Å²) in [5, 5.41) is 10.3. The van der Waals surface area contributed by atoms with Crippen LogP contribution in [0.2, 0.25) is 5.02 Å². The van der Waals surface area contributed by atoms with Crippen LogP contribution in [0.1, 0.15) is 24.8 Å². The van der Waals surface area contributed by atoms with Gasteiger partial charge in [0.2, 0.25) is 0 Å². The Morgan fingerprint density at radius 2 is 1.56 bits per heavy atom. The summed E-state index contributed by atoms with van der Waals surface area (Å²) in [4.78, 5) is 17.7. The number of aliphatic hydroxyl groups excluding tert-OH is 1. The SMILES string of the molecule is O=C1/C(=C/c2ccc(Oc3ccc(Cl)cc3)cc2)SC(=S)N1c1ccc(OCCCN2CCC(O)CC2)cc1. The maximum Gasteiger partial charge on any atom is 0.270 e. The topological polar surface area (TPSA) is 62.2 Å². The minimum absolute atomic E-state index is 0.146. The van der Waals surface area contributed by atoms with Gasteiger partial charge in [-0.15, -0.1) is 0 Å². The van der Waals surface area contributed by atoms with Crippen molar-refractivity contribution in [3.05, 3.63) is 88.3 Å². The number of rotatable bonds is 9. The predicted molar refractivity (Wildman–Crippen MR) is 162 cm³/mol. The number of benzene rings is 3. The molecule has 0 spiro atoms. The molecule has 0 aliphatic carbocycles. The molecule has 9 heteroatoms. The summed E-state index contributed by atoms with van der Waals surface area (Å²) in [6.45, 7) is 3.47. The normalized spacial score (nSPS) is 17.7. The Morgan fingerprint density at radius 1 is 0.949 bits per heavy atom. The molecule has 0 unspecified atom stereocenters. The molecule has 39 heavy (non-hydrogen) atoms. The molecule has 2 aliphatic heterocycles. The van der Waals surface area contributed by atoms with Gasteiger partial charge in [0, 0.05) is 24.7 Å². The Labute approximate surface area is 243 Å². The van der Waals surface area contributed by atoms with Gasteiger partial charge in [0.25, 0.3) is 5.91 Å². The lowest BCUT2D eigenvalue weighted by molar-refractivity contribution is -0.113. The number of hydrogen-bond acceptors (Lipinski definition) is 7. The third-order valence-electron chi connectivity index (χ3n) is 6.56. The summed E-state index contributed by atoms with van der Waals surface area (Å²) < 4.78 is 12.2. The molecule has 2 saturated heterocycles. The van der Waals surface area contributed by atoms with Crippen LogP contribution in [0.4, 0.5) is 5.69 Å². The molecule has 0 atom stereocenters. The zero-order valence-electron chi connectivity index (χ0n) is 21.3. The average molecular weight is 581 g/mol. The van der Waals surface area contributed by atoms with Crippen molar-refractivity contribution in [3.63, 3.8) is 0 Å². The molecule has 3 aromatic rings. The van der Waals surface area contributed by atoms with Crippen LogP contribution >= 0.6 is 35.6 Å². The lowest BCUT2D eigenvalue weighted by Crippen LogP contribution is -2.36. The number of aliphatic hydroxyl groups is 1. The first-order valence-corrected chi connectivity index (χ1v) is 14.5. The molecule has 5 rings (SSSR count). The van der Waals surface area contributed by atoms with Crippen LogP contribution in [0.25, 0.3) is 6.08 Å². The summed E-state index contributed by atoms with van der Waals surface area (Å²) in [5.41, 5.74) is 1.59. The molecular weight excluding hydrogens is 552 g/mol. The van der Waals surface area contributed by atoms with Crippen LogP contribution in [-0.4, -0.2) is 52.6 Å². The Morgan fingerprint density at radius 3 is 2.23 bits per heavy atom. The lowest BCUT2D eigenvalue weighted by atomic mass is 10.1. The van der Waals surface area contributed by atoms with Gasteiger partial charge < -0.3 is 19.5 Å². The fourth-order valence-electron chi connectivity index (χ4n) is 4.43. The van der Waals surface area contributed by atoms with Crippen LogP contribution in [-0.2, 0) is 4.79 Å². The number of amides is 1. The van der Waals surface area contributed by atoms with Crippen molar-refractivity contribution < 1.29 is 19.4 Å². The zero-order chi connectivity index (χ0) is 27.2. The number of anilines is 1. The van der Waals surface area contributed by atoms with Gasteiger partial charge in [-0.05, 0) is 91.6 Å². The molecule has 202 valence electrons. The van der Waals surface area contributed by atoms with E-state index in [4.69, 9.17) is 33.3 Å². The van der Waals surface area contributed by atoms with Gasteiger partial charge in [-0.1, -0.05) is 47.7 Å². The van der Waals surface area contributed by atoms with Crippen LogP contribution in [0.15, 0.2) is 77.7 Å². The molecule has 0 radical (unpaired) electrons. The summed E-state index contributed by atoms with van der Waals surface area (Å²) in [5.74, 6) is 2.00. The van der Waals surface area contributed by atoms with E-state index in [1.165, 1.54) is 11.8 Å². The van der Waals surface area contributed by atoms with Crippen molar-refractivity contribution in [2.45, 2.75) is 25.4 Å². The molecule has 1 amide bonds. The first-order chi connectivity index (χ1) is 18.9. The Hall–Kier alpha value is -2.88. The zero-order valence-corrected chi connectivity index (χ0v) is 23.7. The highest BCUT2D eigenvalue weighted by Gasteiger charge is 2.33. The summed E-state index contributed by atoms with van der Waals surface area (Å²) in [7, 11) is 0. The standard InChI is InChI=1S/C30H29ClN2O4S2/c31-22-4-10-27(11-5-22)37-26-8-2-21(3-9-26)20-28-29(35)33(30(38)39-28)23-6-12-25(13-7-23)36-19-1-16-32-17-14-24(34)15-18-32/h2-13,20,24,34H,1,14-19H2/b28-20-. The van der Waals surface area contributed by atoms with E-state index in [0.29, 0.717) is 38.0 Å². The molecule has 2 heterocycles. The van der Waals surface area contributed by atoms with Crippen LogP contribution in [0.5, 0.6) is 17.2 Å². The number of ether oxygens (including phenoxy) is 2. The van der Waals surface area contributed by atoms with Gasteiger partial charge in [0.05, 0.1) is 23.3 Å². The molecule has 0 aromatic heterocycles. The Kier molecular flexibility index (Phi) is 9.21. The lowest BCUT2D eigenvalue weighted by Gasteiger charge is -2.29. The van der Waals surface area contributed by atoms with Crippen molar-refractivity contribution >= 4 is 57.6 Å². The van der Waals surface area contributed by atoms with Gasteiger partial charge in [0.1, 0.15) is 17.2 Å². The van der Waals surface area contributed by atoms with Gasteiger partial charge in [-0.2, -0.15) is 0 Å². The fourth-order valence-corrected chi connectivity index (χ4v) is 5.85. The molecule has 2 fully saturated rings. The molecular formula is C30H29ClN2O4S2. The highest BCUT2D eigenvalue weighted by atomic mass is 35.5. The number of nitrogens with zero attached hydrogens (tertiary/aromatic N) is 2. The monoisotopic (exact) mass is 580 g/mol. The van der Waals surface area contributed by atoms with E-state index >= 15 is 0 Å². The number of thiocarbonyl (C=S) groups is 1. The predicted octanol–water partition coefficient (Wildman–Crippen LogP) is 6.76. The minimum Gasteiger partial charge on any atom is -0.494 e. The second kappa shape index (κ2) is 13.0. The average Bonchev–Trinajstić information content (AvgIpc) is 3.22. The molecule has 0 saturated carbocycles. The van der Waals surface area contributed by atoms with E-state index in [2.05, 4.69) is 4.90 Å². The van der Waals surface area contributed by atoms with Crippen LogP contribution < -0.4 is 14.4 Å². The Bertz CT molecular complexity index is 1320. The maximum atomic E-state index is 13.2. The fraction of sp³-hybridized carbons (Fsp3) is 0.267. The third kappa shape index (κ3) is 7.41. The largest absolute Gasteiger partial charge is 0.494 e. The number of piperidine rings is 1. The van der Waals surface area contributed by atoms with E-state index in [1.54, 1.807) is 17.0 Å². The van der Waals surface area contributed by atoms with Crippen molar-refractivity contribution in [2.24, 2.45) is 0 Å². The highest BCUT2D eigenvalue weighted by molar-refractivity contribution is 8.27. The summed E-state index contributed by atoms with van der Waals surface area (Å²) >= 11 is 12.7. The third-order valence-corrected chi connectivity index (χ3v) is 8.11. The van der Waals surface area contributed by atoms with Gasteiger partial charge in [-0.3, -0.25) is 9.69 Å². The number of halogens is 1. The molecule has 3 aromatic carbocycles. The summed E-state index contributed by atoms with van der Waals surface area (Å²) in [6, 6.07) is 22.1. The minimum atomic E-state index is -0.149. The highest BCUT2D eigenvalue weighted by Crippen LogP contribution is 2.37. The molecule has 1 N–H and O–H groups in total. The second-order valence-electron chi connectivity index (χ2n) is 9.41. The van der Waals surface area contributed by atoms with E-state index in [9.17, 15) is 9.90 Å². The number of hydrogen-bond donors (Lipinski definition) is 1. The Balaban J connectivity index is 1.14. The first-order valence-electron chi connectivity index (χ1n) is 12.9. The van der Waals surface area contributed by atoms with E-state index in [1.807, 2.05) is 66.7 Å². The molecule has 0 bridgehead atoms. The maximum absolute atomic E-state index is 13.2. The van der Waals surface area contributed by atoms with Gasteiger partial charge in [0.15, 0.2) is 4.32 Å². The van der Waals surface area contributed by atoms with E-state index in [-0.39, 0.29) is 12.0 Å². The van der Waals surface area contributed by atoms with Crippen molar-refractivity contribution in [3.8, 4) is 17.2 Å². The van der Waals surface area contributed by atoms with Crippen molar-refractivity contribution in [1.29, 1.82) is 0 Å². The van der Waals surface area contributed by atoms with Crippen molar-refractivity contribution in [1.82, 2.24) is 4.90 Å². The quantitative estimate of drug-likeness (QED) is 0.170. The van der Waals surface area contributed by atoms with Crippen molar-refractivity contribution in [2.75, 3.05) is 31.1 Å². The number of thioether (sulfide) groups is 1. The van der Waals surface area contributed by atoms with Gasteiger partial charge >= 0.3 is 0 Å². The first kappa shape index (κ1) is 27.7. The smallest absolute Gasteiger partial charge is 0.270 e. The second-order valence-corrected chi connectivity index (χ2v) is 11.5. The van der Waals surface area contributed by atoms with Gasteiger partial charge in [-0.25, -0.2) is 0 Å².